The lowest BCUT2D eigenvalue weighted by Crippen LogP contribution is -2.43. The fourth-order valence-electron chi connectivity index (χ4n) is 1.10. The van der Waals surface area contributed by atoms with Gasteiger partial charge in [0, 0.05) is 0 Å². The lowest BCUT2D eigenvalue weighted by atomic mass is 9.99. The Morgan fingerprint density at radius 1 is 1.33 bits per heavy atom. The molecule has 0 aliphatic heterocycles. The van der Waals surface area contributed by atoms with Crippen molar-refractivity contribution in [2.45, 2.75) is 25.3 Å². The van der Waals surface area contributed by atoms with Crippen LogP contribution in [0.1, 0.15) is 18.9 Å². The van der Waals surface area contributed by atoms with Gasteiger partial charge in [-0.15, -0.1) is 0 Å². The molecule has 15 heavy (non-hydrogen) atoms. The summed E-state index contributed by atoms with van der Waals surface area (Å²) >= 11 is 0. The highest BCUT2D eigenvalue weighted by molar-refractivity contribution is 5.48. The van der Waals surface area contributed by atoms with E-state index in [0.717, 1.165) is 5.56 Å². The third kappa shape index (κ3) is 3.80. The maximum absolute atomic E-state index is 12.4. The molecule has 0 amide bonds. The van der Waals surface area contributed by atoms with Crippen molar-refractivity contribution >= 4 is 6.08 Å². The molecule has 2 N–H and O–H groups in total. The molecular formula is C12H15F2N. The number of halogens is 2. The van der Waals surface area contributed by atoms with Gasteiger partial charge in [0.1, 0.15) is 0 Å². The van der Waals surface area contributed by atoms with Gasteiger partial charge < -0.3 is 5.73 Å². The molecule has 1 rings (SSSR count). The minimum atomic E-state index is -2.50. The minimum Gasteiger partial charge on any atom is -0.320 e. The lowest BCUT2D eigenvalue weighted by Gasteiger charge is -2.21. The number of hydrogen-bond donors (Lipinski definition) is 1. The van der Waals surface area contributed by atoms with Crippen molar-refractivity contribution in [2.24, 2.45) is 5.73 Å². The van der Waals surface area contributed by atoms with Gasteiger partial charge in [-0.3, -0.25) is 0 Å². The highest BCUT2D eigenvalue weighted by atomic mass is 19.3. The van der Waals surface area contributed by atoms with Crippen molar-refractivity contribution in [3.8, 4) is 0 Å². The Morgan fingerprint density at radius 3 is 2.47 bits per heavy atom. The van der Waals surface area contributed by atoms with Crippen molar-refractivity contribution in [1.29, 1.82) is 0 Å². The summed E-state index contributed by atoms with van der Waals surface area (Å²) in [5.41, 5.74) is 4.97. The summed E-state index contributed by atoms with van der Waals surface area (Å²) in [4.78, 5) is 0. The molecule has 0 aliphatic rings. The molecule has 0 aromatic heterocycles. The van der Waals surface area contributed by atoms with Gasteiger partial charge >= 0.3 is 0 Å². The van der Waals surface area contributed by atoms with Gasteiger partial charge in [0.15, 0.2) is 0 Å². The van der Waals surface area contributed by atoms with Gasteiger partial charge in [0.2, 0.25) is 0 Å². The van der Waals surface area contributed by atoms with Crippen LogP contribution in [0.2, 0.25) is 0 Å². The molecule has 1 nitrogen and oxygen atoms in total. The second-order valence-corrected chi connectivity index (χ2v) is 3.82. The molecule has 0 saturated carbocycles. The Bertz CT molecular complexity index is 318. The molecule has 0 radical (unpaired) electrons. The van der Waals surface area contributed by atoms with Crippen LogP contribution < -0.4 is 5.73 Å². The zero-order chi connectivity index (χ0) is 11.3. The maximum atomic E-state index is 12.4. The lowest BCUT2D eigenvalue weighted by molar-refractivity contribution is 0.0655. The van der Waals surface area contributed by atoms with Crippen molar-refractivity contribution in [1.82, 2.24) is 0 Å². The quantitative estimate of drug-likeness (QED) is 0.813. The van der Waals surface area contributed by atoms with Crippen LogP contribution in [0.3, 0.4) is 0 Å². The second kappa shape index (κ2) is 5.03. The number of benzene rings is 1. The Morgan fingerprint density at radius 2 is 1.93 bits per heavy atom. The third-order valence-electron chi connectivity index (χ3n) is 2.17. The zero-order valence-corrected chi connectivity index (χ0v) is 8.66. The van der Waals surface area contributed by atoms with E-state index < -0.39 is 12.0 Å². The molecule has 1 aromatic carbocycles. The molecule has 1 aromatic rings. The van der Waals surface area contributed by atoms with Crippen LogP contribution in [-0.2, 0) is 0 Å². The van der Waals surface area contributed by atoms with Gasteiger partial charge in [-0.05, 0) is 18.9 Å². The standard InChI is InChI=1S/C12H15F2N/c1-12(15,11(13)14)9-5-8-10-6-3-2-4-7-10/h2-8,11H,9,15H2,1H3/b8-5+. The Labute approximate surface area is 88.6 Å². The van der Waals surface area contributed by atoms with Gasteiger partial charge in [-0.2, -0.15) is 0 Å². The topological polar surface area (TPSA) is 26.0 Å². The summed E-state index contributed by atoms with van der Waals surface area (Å²) in [6.45, 7) is 1.35. The molecule has 0 bridgehead atoms. The van der Waals surface area contributed by atoms with Crippen LogP contribution in [0.5, 0.6) is 0 Å². The first kappa shape index (κ1) is 11.9. The van der Waals surface area contributed by atoms with E-state index in [2.05, 4.69) is 0 Å². The molecule has 3 heteroatoms. The first-order valence-corrected chi connectivity index (χ1v) is 4.81. The predicted octanol–water partition coefficient (Wildman–Crippen LogP) is 3.07. The van der Waals surface area contributed by atoms with E-state index in [0.29, 0.717) is 0 Å². The first-order valence-electron chi connectivity index (χ1n) is 4.81. The minimum absolute atomic E-state index is 0.166. The van der Waals surface area contributed by atoms with Crippen LogP contribution in [0.4, 0.5) is 8.78 Å². The van der Waals surface area contributed by atoms with Crippen LogP contribution in [0.15, 0.2) is 36.4 Å². The molecule has 82 valence electrons. The van der Waals surface area contributed by atoms with Crippen molar-refractivity contribution in [3.05, 3.63) is 42.0 Å². The molecule has 1 unspecified atom stereocenters. The molecule has 0 heterocycles. The average Bonchev–Trinajstić information content (AvgIpc) is 2.19. The van der Waals surface area contributed by atoms with E-state index in [9.17, 15) is 8.78 Å². The number of hydrogen-bond acceptors (Lipinski definition) is 1. The van der Waals surface area contributed by atoms with Crippen molar-refractivity contribution in [3.63, 3.8) is 0 Å². The smallest absolute Gasteiger partial charge is 0.256 e. The van der Waals surface area contributed by atoms with Gasteiger partial charge in [0.05, 0.1) is 5.54 Å². The normalized spacial score (nSPS) is 15.8. The summed E-state index contributed by atoms with van der Waals surface area (Å²) in [6.07, 6.45) is 1.15. The Hall–Kier alpha value is -1.22. The third-order valence-corrected chi connectivity index (χ3v) is 2.17. The second-order valence-electron chi connectivity index (χ2n) is 3.82. The molecular weight excluding hydrogens is 196 g/mol. The molecule has 0 aliphatic carbocycles. The summed E-state index contributed by atoms with van der Waals surface area (Å²) in [5, 5.41) is 0. The highest BCUT2D eigenvalue weighted by Gasteiger charge is 2.28. The summed E-state index contributed by atoms with van der Waals surface area (Å²) in [5.74, 6) is 0. The van der Waals surface area contributed by atoms with E-state index in [1.807, 2.05) is 30.3 Å². The zero-order valence-electron chi connectivity index (χ0n) is 8.66. The number of alkyl halides is 2. The van der Waals surface area contributed by atoms with Crippen LogP contribution in [-0.4, -0.2) is 12.0 Å². The number of rotatable bonds is 4. The van der Waals surface area contributed by atoms with E-state index in [1.54, 1.807) is 12.2 Å². The SMILES string of the molecule is CC(N)(C/C=C/c1ccccc1)C(F)F. The highest BCUT2D eigenvalue weighted by Crippen LogP contribution is 2.17. The van der Waals surface area contributed by atoms with E-state index in [-0.39, 0.29) is 6.42 Å². The fraction of sp³-hybridized carbons (Fsp3) is 0.333. The Kier molecular flexibility index (Phi) is 3.97. The van der Waals surface area contributed by atoms with Crippen LogP contribution in [0.25, 0.3) is 6.08 Å². The Balaban J connectivity index is 2.54. The van der Waals surface area contributed by atoms with Gasteiger partial charge in [-0.1, -0.05) is 42.5 Å². The van der Waals surface area contributed by atoms with Crippen molar-refractivity contribution < 1.29 is 8.78 Å². The van der Waals surface area contributed by atoms with E-state index in [1.165, 1.54) is 6.92 Å². The van der Waals surface area contributed by atoms with E-state index >= 15 is 0 Å². The van der Waals surface area contributed by atoms with Gasteiger partial charge in [-0.25, -0.2) is 8.78 Å². The van der Waals surface area contributed by atoms with E-state index in [4.69, 9.17) is 5.73 Å². The number of nitrogens with two attached hydrogens (primary N) is 1. The maximum Gasteiger partial charge on any atom is 0.256 e. The van der Waals surface area contributed by atoms with Crippen LogP contribution >= 0.6 is 0 Å². The molecule has 0 fully saturated rings. The summed E-state index contributed by atoms with van der Waals surface area (Å²) < 4.78 is 24.8. The monoisotopic (exact) mass is 211 g/mol. The summed E-state index contributed by atoms with van der Waals surface area (Å²) in [7, 11) is 0. The molecule has 0 saturated heterocycles. The molecule has 0 spiro atoms. The molecule has 1 atom stereocenters. The van der Waals surface area contributed by atoms with Crippen LogP contribution in [0, 0.1) is 0 Å². The first-order chi connectivity index (χ1) is 7.02. The largest absolute Gasteiger partial charge is 0.320 e. The fourth-order valence-corrected chi connectivity index (χ4v) is 1.10. The summed E-state index contributed by atoms with van der Waals surface area (Å²) in [6, 6.07) is 9.52. The predicted molar refractivity (Wildman–Crippen MR) is 58.7 cm³/mol. The average molecular weight is 211 g/mol. The van der Waals surface area contributed by atoms with Gasteiger partial charge in [0.25, 0.3) is 6.43 Å². The van der Waals surface area contributed by atoms with Crippen molar-refractivity contribution in [2.75, 3.05) is 0 Å².